The molecule has 0 saturated heterocycles. The average molecular weight is 1080 g/mol. The zero-order valence-electron chi connectivity index (χ0n) is 35.1. The van der Waals surface area contributed by atoms with E-state index in [1.54, 1.807) is 30.5 Å². The number of unbranched alkanes of at least 4 members (excludes halogenated alkanes) is 2. The fourth-order valence-corrected chi connectivity index (χ4v) is 9.96. The van der Waals surface area contributed by atoms with E-state index in [0.717, 1.165) is 38.4 Å². The standard InChI is InChI=1S/C44H42Cl2IN11O6S2/c45-21-38(60)58(40(35-10-7-17-65-35)43(61)50-15-13-27-8-3-1-4-9-27)29-11-12-32(30(46)18-29)62-24-28-22-56(55-54-28)23-37(59)49-14-5-2-6-16-57-42-39(41(48)51-25-52-42)53-44(57)66-36-20-34-33(19-31(36)47)63-26-64-34/h1,3-4,7-12,17-20,22,25,40H,2,5-6,13-16,21,23-24,26H2,(H,49,59)(H,50,61)(H2,48,51,52). The number of hydrogen-bond acceptors (Lipinski definition) is 14. The Hall–Kier alpha value is -5.68. The Balaban J connectivity index is 0.809. The first-order valence-electron chi connectivity index (χ1n) is 20.7. The Morgan fingerprint density at radius 3 is 2.62 bits per heavy atom. The number of imidazole rings is 1. The van der Waals surface area contributed by atoms with Crippen LogP contribution in [-0.4, -0.2) is 78.0 Å². The Kier molecular flexibility index (Phi) is 15.8. The van der Waals surface area contributed by atoms with Crippen LogP contribution in [0, 0.1) is 3.57 Å². The summed E-state index contributed by atoms with van der Waals surface area (Å²) in [6.45, 7) is 1.67. The second-order valence-corrected chi connectivity index (χ2v) is 18.6. The molecule has 1 unspecified atom stereocenters. The minimum atomic E-state index is -0.982. The fourth-order valence-electron chi connectivity index (χ4n) is 7.07. The summed E-state index contributed by atoms with van der Waals surface area (Å²) >= 11 is 17.9. The lowest BCUT2D eigenvalue weighted by atomic mass is 10.1. The van der Waals surface area contributed by atoms with Crippen LogP contribution < -0.4 is 35.5 Å². The molecule has 0 spiro atoms. The molecule has 0 saturated carbocycles. The van der Waals surface area contributed by atoms with Gasteiger partial charge in [-0.2, -0.15) is 0 Å². The number of ether oxygens (including phenoxy) is 3. The molecule has 4 aromatic heterocycles. The second kappa shape index (κ2) is 22.2. The van der Waals surface area contributed by atoms with Crippen LogP contribution in [0.4, 0.5) is 11.5 Å². The molecular weight excluding hydrogens is 1040 g/mol. The number of nitrogens with two attached hydrogens (primary N) is 1. The van der Waals surface area contributed by atoms with Gasteiger partial charge in [0.2, 0.25) is 24.5 Å². The van der Waals surface area contributed by atoms with Gasteiger partial charge in [0.15, 0.2) is 33.6 Å². The molecule has 0 bridgehead atoms. The maximum atomic E-state index is 13.7. The number of carbonyl (C=O) groups is 3. The normalized spacial score (nSPS) is 12.3. The first kappa shape index (κ1) is 46.8. The van der Waals surface area contributed by atoms with Crippen molar-refractivity contribution in [3.63, 3.8) is 0 Å². The van der Waals surface area contributed by atoms with Crippen LogP contribution in [0.25, 0.3) is 11.2 Å². The smallest absolute Gasteiger partial charge is 0.248 e. The number of hydrogen-bond donors (Lipinski definition) is 3. The van der Waals surface area contributed by atoms with Gasteiger partial charge >= 0.3 is 0 Å². The number of fused-ring (bicyclic) bond motifs is 2. The number of nitrogen functional groups attached to an aromatic ring is 1. The van der Waals surface area contributed by atoms with Crippen molar-refractivity contribution in [1.82, 2.24) is 45.1 Å². The number of rotatable bonds is 21. The highest BCUT2D eigenvalue weighted by Crippen LogP contribution is 2.42. The quantitative estimate of drug-likeness (QED) is 0.0364. The van der Waals surface area contributed by atoms with Crippen LogP contribution in [0.3, 0.4) is 0 Å². The van der Waals surface area contributed by atoms with Gasteiger partial charge in [-0.1, -0.05) is 65.0 Å². The zero-order chi connectivity index (χ0) is 46.0. The number of aryl methyl sites for hydroxylation is 1. The van der Waals surface area contributed by atoms with Crippen LogP contribution in [0.2, 0.25) is 5.02 Å². The summed E-state index contributed by atoms with van der Waals surface area (Å²) in [5, 5.41) is 17.0. The van der Waals surface area contributed by atoms with E-state index in [4.69, 9.17) is 48.1 Å². The summed E-state index contributed by atoms with van der Waals surface area (Å²) in [4.78, 5) is 56.3. The number of nitrogens with one attached hydrogen (secondary N) is 2. The lowest BCUT2D eigenvalue weighted by molar-refractivity contribution is -0.125. The zero-order valence-corrected chi connectivity index (χ0v) is 40.4. The Bertz CT molecular complexity index is 2820. The first-order chi connectivity index (χ1) is 32.1. The van der Waals surface area contributed by atoms with Crippen molar-refractivity contribution >= 4 is 109 Å². The third-order valence-electron chi connectivity index (χ3n) is 10.3. The van der Waals surface area contributed by atoms with Crippen molar-refractivity contribution in [2.75, 3.05) is 36.4 Å². The molecule has 3 aromatic carbocycles. The van der Waals surface area contributed by atoms with Crippen molar-refractivity contribution < 1.29 is 28.6 Å². The predicted octanol–water partition coefficient (Wildman–Crippen LogP) is 7.44. The second-order valence-electron chi connectivity index (χ2n) is 14.8. The average Bonchev–Trinajstić information content (AvgIpc) is 4.16. The van der Waals surface area contributed by atoms with Crippen LogP contribution >= 0.6 is 68.9 Å². The topological polar surface area (TPSA) is 207 Å². The molecule has 22 heteroatoms. The fraction of sp³-hybridized carbons (Fsp3) is 0.273. The highest BCUT2D eigenvalue weighted by atomic mass is 127. The van der Waals surface area contributed by atoms with Crippen LogP contribution in [-0.2, 0) is 40.5 Å². The molecule has 1 aliphatic heterocycles. The summed E-state index contributed by atoms with van der Waals surface area (Å²) in [5.74, 6) is 0.648. The minimum absolute atomic E-state index is 0.00756. The van der Waals surface area contributed by atoms with Gasteiger partial charge in [-0.15, -0.1) is 28.0 Å². The summed E-state index contributed by atoms with van der Waals surface area (Å²) in [6, 6.07) is 21.2. The van der Waals surface area contributed by atoms with Gasteiger partial charge in [0.25, 0.3) is 0 Å². The molecule has 7 aromatic rings. The molecule has 0 aliphatic carbocycles. The molecule has 342 valence electrons. The number of thiophene rings is 1. The summed E-state index contributed by atoms with van der Waals surface area (Å²) < 4.78 is 21.6. The third-order valence-corrected chi connectivity index (χ3v) is 14.0. The van der Waals surface area contributed by atoms with E-state index in [-0.39, 0.29) is 42.7 Å². The van der Waals surface area contributed by atoms with Gasteiger partial charge in [0.1, 0.15) is 42.8 Å². The molecule has 5 heterocycles. The van der Waals surface area contributed by atoms with Gasteiger partial charge in [0, 0.05) is 38.7 Å². The van der Waals surface area contributed by atoms with Crippen molar-refractivity contribution in [1.29, 1.82) is 0 Å². The van der Waals surface area contributed by atoms with Crippen LogP contribution in [0.1, 0.15) is 41.4 Å². The summed E-state index contributed by atoms with van der Waals surface area (Å²) in [7, 11) is 0. The molecule has 3 amide bonds. The molecule has 1 atom stereocenters. The van der Waals surface area contributed by atoms with E-state index in [2.05, 4.69) is 53.5 Å². The maximum Gasteiger partial charge on any atom is 0.248 e. The van der Waals surface area contributed by atoms with E-state index >= 15 is 0 Å². The number of aromatic nitrogens is 7. The molecule has 17 nitrogen and oxygen atoms in total. The minimum Gasteiger partial charge on any atom is -0.486 e. The third kappa shape index (κ3) is 11.5. The van der Waals surface area contributed by atoms with Gasteiger partial charge in [-0.25, -0.2) is 19.6 Å². The Morgan fingerprint density at radius 1 is 1.00 bits per heavy atom. The Morgan fingerprint density at radius 2 is 1.83 bits per heavy atom. The van der Waals surface area contributed by atoms with Gasteiger partial charge in [-0.05, 0) is 95.6 Å². The number of nitrogens with zero attached hydrogens (tertiary/aromatic N) is 8. The van der Waals surface area contributed by atoms with Crippen LogP contribution in [0.15, 0.2) is 101 Å². The number of benzene rings is 3. The lowest BCUT2D eigenvalue weighted by Gasteiger charge is -2.30. The van der Waals surface area contributed by atoms with E-state index in [9.17, 15) is 14.4 Å². The molecule has 1 aliphatic rings. The molecular formula is C44H42Cl2IN11O6S2. The molecule has 4 N–H and O–H groups in total. The van der Waals surface area contributed by atoms with Crippen molar-refractivity contribution in [3.05, 3.63) is 115 Å². The first-order valence-corrected chi connectivity index (χ1v) is 24.4. The van der Waals surface area contributed by atoms with Crippen molar-refractivity contribution in [3.8, 4) is 17.2 Å². The van der Waals surface area contributed by atoms with Gasteiger partial charge in [-0.3, -0.25) is 19.3 Å². The van der Waals surface area contributed by atoms with E-state index in [0.29, 0.717) is 76.5 Å². The van der Waals surface area contributed by atoms with E-state index in [1.807, 2.05) is 58.5 Å². The van der Waals surface area contributed by atoms with Crippen LogP contribution in [0.5, 0.6) is 17.2 Å². The maximum absolute atomic E-state index is 13.7. The van der Waals surface area contributed by atoms with Crippen molar-refractivity contribution in [2.24, 2.45) is 0 Å². The number of alkyl halides is 1. The van der Waals surface area contributed by atoms with Gasteiger partial charge in [0.05, 0.1) is 11.2 Å². The Labute approximate surface area is 410 Å². The summed E-state index contributed by atoms with van der Waals surface area (Å²) in [6.07, 6.45) is 6.08. The number of anilines is 2. The molecule has 0 fully saturated rings. The SMILES string of the molecule is Nc1ncnc2c1nc(Sc1cc3c(cc1I)OCO3)n2CCCCCNC(=O)Cn1cc(COc2ccc(N(C(=O)CCl)C(C(=O)NCCc3ccccc3)c3cccs3)cc2Cl)nn1. The number of halogens is 3. The monoisotopic (exact) mass is 1080 g/mol. The molecule has 0 radical (unpaired) electrons. The lowest BCUT2D eigenvalue weighted by Crippen LogP contribution is -2.44. The van der Waals surface area contributed by atoms with E-state index < -0.39 is 11.9 Å². The van der Waals surface area contributed by atoms with E-state index in [1.165, 1.54) is 39.0 Å². The number of amides is 3. The van der Waals surface area contributed by atoms with Crippen molar-refractivity contribution in [2.45, 2.75) is 61.5 Å². The largest absolute Gasteiger partial charge is 0.486 e. The highest BCUT2D eigenvalue weighted by Gasteiger charge is 2.33. The summed E-state index contributed by atoms with van der Waals surface area (Å²) in [5.41, 5.74) is 9.30. The highest BCUT2D eigenvalue weighted by molar-refractivity contribution is 14.1. The molecule has 66 heavy (non-hydrogen) atoms. The van der Waals surface area contributed by atoms with Gasteiger partial charge < -0.3 is 35.1 Å². The molecule has 8 rings (SSSR count). The number of carbonyl (C=O) groups excluding carboxylic acids is 3. The predicted molar refractivity (Wildman–Crippen MR) is 260 cm³/mol.